The molecule has 0 unspecified atom stereocenters. The number of thiophene rings is 1. The largest absolute Gasteiger partial charge is 0.493 e. The molecule has 1 heterocycles. The van der Waals surface area contributed by atoms with Crippen molar-refractivity contribution < 1.29 is 19.1 Å². The molecule has 2 amide bonds. The Kier molecular flexibility index (Phi) is 7.26. The van der Waals surface area contributed by atoms with Crippen LogP contribution in [0, 0.1) is 0 Å². The Morgan fingerprint density at radius 2 is 1.80 bits per heavy atom. The first-order valence-electron chi connectivity index (χ1n) is 8.85. The third-order valence-corrected chi connectivity index (χ3v) is 5.40. The number of rotatable bonds is 7. The van der Waals surface area contributed by atoms with Crippen molar-refractivity contribution in [3.63, 3.8) is 0 Å². The molecular weight excluding hydrogens is 468 g/mol. The quantitative estimate of drug-likeness (QED) is 0.463. The van der Waals surface area contributed by atoms with E-state index in [9.17, 15) is 9.59 Å². The molecule has 0 fully saturated rings. The Labute approximate surface area is 186 Å². The van der Waals surface area contributed by atoms with E-state index in [2.05, 4.69) is 26.6 Å². The lowest BCUT2D eigenvalue weighted by Crippen LogP contribution is -2.30. The molecule has 1 aromatic heterocycles. The normalized spacial score (nSPS) is 11.0. The summed E-state index contributed by atoms with van der Waals surface area (Å²) >= 11 is 4.67. The van der Waals surface area contributed by atoms with Crippen LogP contribution < -0.4 is 20.1 Å². The van der Waals surface area contributed by atoms with E-state index in [-0.39, 0.29) is 11.6 Å². The molecular formula is C22H19BrN2O4S. The van der Waals surface area contributed by atoms with E-state index in [0.29, 0.717) is 27.6 Å². The van der Waals surface area contributed by atoms with Gasteiger partial charge in [-0.25, -0.2) is 0 Å². The molecule has 0 radical (unpaired) electrons. The summed E-state index contributed by atoms with van der Waals surface area (Å²) in [7, 11) is 3.08. The predicted molar refractivity (Wildman–Crippen MR) is 122 cm³/mol. The maximum atomic E-state index is 12.9. The van der Waals surface area contributed by atoms with E-state index in [1.165, 1.54) is 18.4 Å². The van der Waals surface area contributed by atoms with Gasteiger partial charge in [0.2, 0.25) is 0 Å². The lowest BCUT2D eigenvalue weighted by atomic mass is 10.1. The van der Waals surface area contributed by atoms with E-state index in [1.807, 2.05) is 12.1 Å². The number of methoxy groups -OCH3 is 2. The molecule has 0 saturated heterocycles. The zero-order valence-corrected chi connectivity index (χ0v) is 18.7. The lowest BCUT2D eigenvalue weighted by Gasteiger charge is -2.12. The summed E-state index contributed by atoms with van der Waals surface area (Å²) < 4.78 is 11.4. The van der Waals surface area contributed by atoms with Crippen molar-refractivity contribution in [2.45, 2.75) is 0 Å². The van der Waals surface area contributed by atoms with Crippen molar-refractivity contribution in [1.29, 1.82) is 0 Å². The zero-order valence-electron chi connectivity index (χ0n) is 16.3. The van der Waals surface area contributed by atoms with Gasteiger partial charge in [0, 0.05) is 10.2 Å². The van der Waals surface area contributed by atoms with Gasteiger partial charge < -0.3 is 20.1 Å². The SMILES string of the molecule is COc1ccc(/C=C(/NC(=O)c2cccs2)C(=O)Nc2cccc(Br)c2)cc1OC. The summed E-state index contributed by atoms with van der Waals surface area (Å²) in [4.78, 5) is 26.0. The molecule has 3 rings (SSSR count). The molecule has 30 heavy (non-hydrogen) atoms. The topological polar surface area (TPSA) is 76.7 Å². The Hall–Kier alpha value is -3.10. The number of benzene rings is 2. The number of amides is 2. The Morgan fingerprint density at radius 1 is 1.00 bits per heavy atom. The summed E-state index contributed by atoms with van der Waals surface area (Å²) in [5.41, 5.74) is 1.36. The molecule has 2 N–H and O–H groups in total. The van der Waals surface area contributed by atoms with Gasteiger partial charge >= 0.3 is 0 Å². The van der Waals surface area contributed by atoms with E-state index in [4.69, 9.17) is 9.47 Å². The summed E-state index contributed by atoms with van der Waals surface area (Å²) in [6, 6.07) is 15.9. The molecule has 2 aromatic carbocycles. The van der Waals surface area contributed by atoms with E-state index in [1.54, 1.807) is 61.0 Å². The number of carbonyl (C=O) groups excluding carboxylic acids is 2. The van der Waals surface area contributed by atoms with Gasteiger partial charge in [0.25, 0.3) is 11.8 Å². The number of nitrogens with one attached hydrogen (secondary N) is 2. The Morgan fingerprint density at radius 3 is 2.47 bits per heavy atom. The van der Waals surface area contributed by atoms with Gasteiger partial charge in [-0.2, -0.15) is 0 Å². The fourth-order valence-corrected chi connectivity index (χ4v) is 3.64. The van der Waals surface area contributed by atoms with Crippen molar-refractivity contribution in [3.8, 4) is 11.5 Å². The number of ether oxygens (including phenoxy) is 2. The third-order valence-electron chi connectivity index (χ3n) is 4.04. The molecule has 154 valence electrons. The minimum absolute atomic E-state index is 0.0978. The lowest BCUT2D eigenvalue weighted by molar-refractivity contribution is -0.113. The van der Waals surface area contributed by atoms with Gasteiger partial charge in [-0.1, -0.05) is 34.1 Å². The minimum Gasteiger partial charge on any atom is -0.493 e. The second kappa shape index (κ2) is 10.1. The second-order valence-electron chi connectivity index (χ2n) is 6.07. The first kappa shape index (κ1) is 21.6. The minimum atomic E-state index is -0.451. The highest BCUT2D eigenvalue weighted by Gasteiger charge is 2.16. The molecule has 0 spiro atoms. The van der Waals surface area contributed by atoms with Crippen LogP contribution in [0.3, 0.4) is 0 Å². The fourth-order valence-electron chi connectivity index (χ4n) is 2.62. The maximum Gasteiger partial charge on any atom is 0.272 e. The van der Waals surface area contributed by atoms with Gasteiger partial charge in [-0.05, 0) is 53.4 Å². The first-order chi connectivity index (χ1) is 14.5. The Bertz CT molecular complexity index is 1080. The molecule has 6 nitrogen and oxygen atoms in total. The average molecular weight is 487 g/mol. The van der Waals surface area contributed by atoms with E-state index < -0.39 is 5.91 Å². The first-order valence-corrected chi connectivity index (χ1v) is 10.5. The van der Waals surface area contributed by atoms with Crippen LogP contribution in [0.4, 0.5) is 5.69 Å². The van der Waals surface area contributed by atoms with E-state index >= 15 is 0 Å². The van der Waals surface area contributed by atoms with Crippen LogP contribution in [0.5, 0.6) is 11.5 Å². The number of carbonyl (C=O) groups is 2. The van der Waals surface area contributed by atoms with Crippen LogP contribution in [0.1, 0.15) is 15.2 Å². The number of halogens is 1. The van der Waals surface area contributed by atoms with Crippen molar-refractivity contribution in [1.82, 2.24) is 5.32 Å². The van der Waals surface area contributed by atoms with Crippen molar-refractivity contribution in [2.75, 3.05) is 19.5 Å². The summed E-state index contributed by atoms with van der Waals surface area (Å²) in [6.45, 7) is 0. The number of hydrogen-bond donors (Lipinski definition) is 2. The molecule has 0 bridgehead atoms. The number of hydrogen-bond acceptors (Lipinski definition) is 5. The number of anilines is 1. The highest BCUT2D eigenvalue weighted by molar-refractivity contribution is 9.10. The van der Waals surface area contributed by atoms with Crippen LogP contribution in [0.15, 0.2) is 70.1 Å². The molecule has 3 aromatic rings. The maximum absolute atomic E-state index is 12.9. The molecule has 0 saturated carbocycles. The van der Waals surface area contributed by atoms with E-state index in [0.717, 1.165) is 4.47 Å². The van der Waals surface area contributed by atoms with Gasteiger partial charge in [0.15, 0.2) is 11.5 Å². The molecule has 0 aliphatic carbocycles. The van der Waals surface area contributed by atoms with Gasteiger partial charge in [-0.3, -0.25) is 9.59 Å². The summed E-state index contributed by atoms with van der Waals surface area (Å²) in [5, 5.41) is 7.31. The third kappa shape index (κ3) is 5.49. The van der Waals surface area contributed by atoms with Crippen LogP contribution in [-0.4, -0.2) is 26.0 Å². The Balaban J connectivity index is 1.93. The highest BCUT2D eigenvalue weighted by atomic mass is 79.9. The van der Waals surface area contributed by atoms with Crippen LogP contribution in [-0.2, 0) is 4.79 Å². The highest BCUT2D eigenvalue weighted by Crippen LogP contribution is 2.28. The molecule has 0 atom stereocenters. The van der Waals surface area contributed by atoms with Gasteiger partial charge in [-0.15, -0.1) is 11.3 Å². The van der Waals surface area contributed by atoms with Crippen LogP contribution >= 0.6 is 27.3 Å². The molecule has 0 aliphatic rings. The monoisotopic (exact) mass is 486 g/mol. The zero-order chi connectivity index (χ0) is 21.5. The smallest absolute Gasteiger partial charge is 0.272 e. The summed E-state index contributed by atoms with van der Waals surface area (Å²) in [6.07, 6.45) is 1.58. The van der Waals surface area contributed by atoms with Crippen LogP contribution in [0.2, 0.25) is 0 Å². The summed E-state index contributed by atoms with van der Waals surface area (Å²) in [5.74, 6) is 0.272. The van der Waals surface area contributed by atoms with Crippen molar-refractivity contribution in [2.24, 2.45) is 0 Å². The predicted octanol–water partition coefficient (Wildman–Crippen LogP) is 4.94. The van der Waals surface area contributed by atoms with Gasteiger partial charge in [0.05, 0.1) is 19.1 Å². The average Bonchev–Trinajstić information content (AvgIpc) is 3.28. The van der Waals surface area contributed by atoms with Crippen LogP contribution in [0.25, 0.3) is 6.08 Å². The van der Waals surface area contributed by atoms with Gasteiger partial charge in [0.1, 0.15) is 5.70 Å². The standard InChI is InChI=1S/C22H19BrN2O4S/c1-28-18-9-8-14(12-19(18)29-2)11-17(25-22(27)20-7-4-10-30-20)21(26)24-16-6-3-5-15(23)13-16/h3-13H,1-2H3,(H,24,26)(H,25,27)/b17-11+. The molecule has 0 aliphatic heterocycles. The second-order valence-corrected chi connectivity index (χ2v) is 7.93. The van der Waals surface area contributed by atoms with Crippen molar-refractivity contribution in [3.05, 3.63) is 80.6 Å². The molecule has 8 heteroatoms. The van der Waals surface area contributed by atoms with Crippen molar-refractivity contribution >= 4 is 50.8 Å². The fraction of sp³-hybridized carbons (Fsp3) is 0.0909.